The van der Waals surface area contributed by atoms with Gasteiger partial charge in [0.25, 0.3) is 0 Å². The molecular formula is C25H25NO4S. The van der Waals surface area contributed by atoms with Crippen molar-refractivity contribution >= 4 is 17.7 Å². The molecule has 0 spiro atoms. The van der Waals surface area contributed by atoms with Gasteiger partial charge in [-0.25, -0.2) is 0 Å². The molecule has 1 unspecified atom stereocenters. The molecule has 0 saturated carbocycles. The molecule has 3 aromatic carbocycles. The first-order valence-corrected chi connectivity index (χ1v) is 10.8. The van der Waals surface area contributed by atoms with E-state index in [1.807, 2.05) is 61.5 Å². The second-order valence-electron chi connectivity index (χ2n) is 7.36. The summed E-state index contributed by atoms with van der Waals surface area (Å²) in [5.74, 6) is 1.99. The van der Waals surface area contributed by atoms with Gasteiger partial charge in [-0.1, -0.05) is 30.0 Å². The lowest BCUT2D eigenvalue weighted by Gasteiger charge is -2.38. The van der Waals surface area contributed by atoms with Crippen molar-refractivity contribution in [1.82, 2.24) is 5.32 Å². The Labute approximate surface area is 186 Å². The van der Waals surface area contributed by atoms with Crippen molar-refractivity contribution in [2.24, 2.45) is 0 Å². The Morgan fingerprint density at radius 1 is 0.903 bits per heavy atom. The van der Waals surface area contributed by atoms with Gasteiger partial charge in [-0.2, -0.15) is 0 Å². The summed E-state index contributed by atoms with van der Waals surface area (Å²) >= 11 is 1.51. The molecule has 4 rings (SSSR count). The van der Waals surface area contributed by atoms with Gasteiger partial charge in [0.15, 0.2) is 0 Å². The van der Waals surface area contributed by atoms with Crippen LogP contribution in [0.25, 0.3) is 0 Å². The normalized spacial score (nSPS) is 17.5. The molecule has 5 nitrogen and oxygen atoms in total. The number of carbonyl (C=O) groups is 1. The van der Waals surface area contributed by atoms with E-state index in [0.29, 0.717) is 18.0 Å². The predicted octanol–water partition coefficient (Wildman–Crippen LogP) is 4.69. The van der Waals surface area contributed by atoms with Crippen LogP contribution in [0.1, 0.15) is 22.3 Å². The van der Waals surface area contributed by atoms with Gasteiger partial charge in [0.2, 0.25) is 5.91 Å². The first-order valence-electron chi connectivity index (χ1n) is 9.95. The van der Waals surface area contributed by atoms with E-state index in [-0.39, 0.29) is 5.91 Å². The highest BCUT2D eigenvalue weighted by molar-refractivity contribution is 8.01. The van der Waals surface area contributed by atoms with E-state index < -0.39 is 4.75 Å². The molecular weight excluding hydrogens is 410 g/mol. The maximum absolute atomic E-state index is 13.7. The number of thioether (sulfide) groups is 1. The van der Waals surface area contributed by atoms with Crippen LogP contribution in [0.3, 0.4) is 0 Å². The molecule has 1 aliphatic heterocycles. The van der Waals surface area contributed by atoms with Crippen LogP contribution in [-0.2, 0) is 16.1 Å². The van der Waals surface area contributed by atoms with Crippen LogP contribution in [0, 0.1) is 6.92 Å². The van der Waals surface area contributed by atoms with Crippen LogP contribution in [-0.4, -0.2) is 27.2 Å². The number of hydrogen-bond acceptors (Lipinski definition) is 5. The highest BCUT2D eigenvalue weighted by Gasteiger charge is 2.48. The first-order chi connectivity index (χ1) is 15.0. The van der Waals surface area contributed by atoms with Crippen LogP contribution in [0.4, 0.5) is 0 Å². The SMILES string of the molecule is COc1cc(OC)cc(C2(Sc3ccccc3)C(=O)NCc3cc(OC)c(C)cc32)c1. The molecule has 1 amide bonds. The molecule has 0 bridgehead atoms. The lowest BCUT2D eigenvalue weighted by molar-refractivity contribution is -0.123. The Morgan fingerprint density at radius 2 is 1.58 bits per heavy atom. The van der Waals surface area contributed by atoms with Crippen LogP contribution in [0.15, 0.2) is 65.6 Å². The van der Waals surface area contributed by atoms with Crippen molar-refractivity contribution < 1.29 is 19.0 Å². The summed E-state index contributed by atoms with van der Waals surface area (Å²) < 4.78 is 15.6. The molecule has 160 valence electrons. The van der Waals surface area contributed by atoms with E-state index in [4.69, 9.17) is 14.2 Å². The van der Waals surface area contributed by atoms with Crippen molar-refractivity contribution in [3.8, 4) is 17.2 Å². The fourth-order valence-corrected chi connectivity index (χ4v) is 5.32. The fourth-order valence-electron chi connectivity index (χ4n) is 3.97. The van der Waals surface area contributed by atoms with Crippen LogP contribution in [0.5, 0.6) is 17.2 Å². The van der Waals surface area contributed by atoms with E-state index in [2.05, 4.69) is 11.4 Å². The second kappa shape index (κ2) is 8.55. The maximum atomic E-state index is 13.7. The Hall–Kier alpha value is -3.12. The minimum Gasteiger partial charge on any atom is -0.497 e. The first kappa shape index (κ1) is 21.1. The van der Waals surface area contributed by atoms with Crippen LogP contribution >= 0.6 is 11.8 Å². The van der Waals surface area contributed by atoms with Gasteiger partial charge >= 0.3 is 0 Å². The molecule has 1 N–H and O–H groups in total. The van der Waals surface area contributed by atoms with Crippen molar-refractivity contribution in [3.05, 3.63) is 82.9 Å². The molecule has 6 heteroatoms. The van der Waals surface area contributed by atoms with Crippen molar-refractivity contribution in [3.63, 3.8) is 0 Å². The monoisotopic (exact) mass is 435 g/mol. The van der Waals surface area contributed by atoms with Crippen LogP contribution < -0.4 is 19.5 Å². The molecule has 31 heavy (non-hydrogen) atoms. The molecule has 0 radical (unpaired) electrons. The molecule has 0 aliphatic carbocycles. The number of carbonyl (C=O) groups excluding carboxylic acids is 1. The summed E-state index contributed by atoms with van der Waals surface area (Å²) in [4.78, 5) is 14.7. The van der Waals surface area contributed by atoms with Gasteiger partial charge < -0.3 is 19.5 Å². The van der Waals surface area contributed by atoms with Crippen molar-refractivity contribution in [2.45, 2.75) is 23.1 Å². The quantitative estimate of drug-likeness (QED) is 0.609. The van der Waals surface area contributed by atoms with E-state index in [1.165, 1.54) is 11.8 Å². The molecule has 0 saturated heterocycles. The maximum Gasteiger partial charge on any atom is 0.245 e. The van der Waals surface area contributed by atoms with Gasteiger partial charge in [-0.05, 0) is 65.6 Å². The lowest BCUT2D eigenvalue weighted by atomic mass is 9.82. The van der Waals surface area contributed by atoms with Crippen molar-refractivity contribution in [2.75, 3.05) is 21.3 Å². The molecule has 0 aromatic heterocycles. The summed E-state index contributed by atoms with van der Waals surface area (Å²) in [6, 6.07) is 19.7. The van der Waals surface area contributed by atoms with Gasteiger partial charge in [0.05, 0.1) is 21.3 Å². The molecule has 3 aromatic rings. The van der Waals surface area contributed by atoms with Gasteiger partial charge in [0.1, 0.15) is 22.0 Å². The van der Waals surface area contributed by atoms with Gasteiger partial charge in [0, 0.05) is 17.5 Å². The number of rotatable bonds is 6. The Balaban J connectivity index is 2.03. The smallest absolute Gasteiger partial charge is 0.245 e. The predicted molar refractivity (Wildman–Crippen MR) is 122 cm³/mol. The third kappa shape index (κ3) is 3.72. The molecule has 1 atom stereocenters. The summed E-state index contributed by atoms with van der Waals surface area (Å²) in [5, 5.41) is 3.10. The number of fused-ring (bicyclic) bond motifs is 1. The summed E-state index contributed by atoms with van der Waals surface area (Å²) in [6.45, 7) is 2.44. The van der Waals surface area contributed by atoms with E-state index in [9.17, 15) is 4.79 Å². The molecule has 1 heterocycles. The topological polar surface area (TPSA) is 56.8 Å². The lowest BCUT2D eigenvalue weighted by Crippen LogP contribution is -2.47. The van der Waals surface area contributed by atoms with E-state index >= 15 is 0 Å². The number of hydrogen-bond donors (Lipinski definition) is 1. The third-order valence-corrected chi connectivity index (χ3v) is 6.99. The Morgan fingerprint density at radius 3 is 2.19 bits per heavy atom. The van der Waals surface area contributed by atoms with Gasteiger partial charge in [-0.3, -0.25) is 4.79 Å². The Bertz CT molecular complexity index is 1090. The number of methoxy groups -OCH3 is 3. The zero-order valence-corrected chi connectivity index (χ0v) is 18.8. The van der Waals surface area contributed by atoms with Gasteiger partial charge in [-0.15, -0.1) is 0 Å². The summed E-state index contributed by atoms with van der Waals surface area (Å²) in [5.41, 5.74) is 3.73. The third-order valence-electron chi connectivity index (χ3n) is 5.53. The second-order valence-corrected chi connectivity index (χ2v) is 8.65. The van der Waals surface area contributed by atoms with E-state index in [1.54, 1.807) is 21.3 Å². The molecule has 1 aliphatic rings. The Kier molecular flexibility index (Phi) is 5.83. The number of ether oxygens (including phenoxy) is 3. The average Bonchev–Trinajstić information content (AvgIpc) is 2.81. The zero-order valence-electron chi connectivity index (χ0n) is 18.0. The number of aryl methyl sites for hydroxylation is 1. The summed E-state index contributed by atoms with van der Waals surface area (Å²) in [7, 11) is 4.88. The number of amides is 1. The number of benzene rings is 3. The average molecular weight is 436 g/mol. The minimum absolute atomic E-state index is 0.0753. The summed E-state index contributed by atoms with van der Waals surface area (Å²) in [6.07, 6.45) is 0. The fraction of sp³-hybridized carbons (Fsp3) is 0.240. The van der Waals surface area contributed by atoms with Crippen LogP contribution in [0.2, 0.25) is 0 Å². The number of nitrogens with one attached hydrogen (secondary N) is 1. The highest BCUT2D eigenvalue weighted by atomic mass is 32.2. The highest BCUT2D eigenvalue weighted by Crippen LogP contribution is 2.52. The zero-order chi connectivity index (χ0) is 22.0. The molecule has 0 fully saturated rings. The minimum atomic E-state index is -1.02. The standard InChI is InChI=1S/C25H25NO4S/c1-16-10-22-17(11-23(16)30-4)15-26-24(27)25(22,31-21-8-6-5-7-9-21)18-12-19(28-2)14-20(13-18)29-3/h5-14H,15H2,1-4H3,(H,26,27). The van der Waals surface area contributed by atoms with E-state index in [0.717, 1.165) is 32.9 Å². The van der Waals surface area contributed by atoms with Crippen molar-refractivity contribution in [1.29, 1.82) is 0 Å². The largest absolute Gasteiger partial charge is 0.497 e.